The number of hydroxylamine groups is 2. The Kier molecular flexibility index (Phi) is 5.32. The van der Waals surface area contributed by atoms with Gasteiger partial charge in [-0.3, -0.25) is 0 Å². The topological polar surface area (TPSA) is 66.9 Å². The van der Waals surface area contributed by atoms with Crippen LogP contribution in [0.2, 0.25) is 0 Å². The monoisotopic (exact) mass is 396 g/mol. The Labute approximate surface area is 171 Å². The summed E-state index contributed by atoms with van der Waals surface area (Å²) >= 11 is 0. The first kappa shape index (κ1) is 19.5. The van der Waals surface area contributed by atoms with E-state index in [1.165, 1.54) is 0 Å². The maximum absolute atomic E-state index is 12.3. The molecule has 2 unspecified atom stereocenters. The molecule has 2 atom stereocenters. The second-order valence-electron chi connectivity index (χ2n) is 8.70. The zero-order valence-corrected chi connectivity index (χ0v) is 17.2. The first-order valence-corrected chi connectivity index (χ1v) is 10.1. The fourth-order valence-corrected chi connectivity index (χ4v) is 3.84. The summed E-state index contributed by atoms with van der Waals surface area (Å²) in [5.74, 6) is 2.10. The number of carbonyl (C=O) groups excluding carboxylic acids is 1. The van der Waals surface area contributed by atoms with Crippen LogP contribution in [0.15, 0.2) is 48.5 Å². The van der Waals surface area contributed by atoms with Gasteiger partial charge in [-0.2, -0.15) is 4.98 Å². The molecule has 0 saturated carbocycles. The molecule has 2 aliphatic heterocycles. The number of likely N-dealkylation sites (tertiary alicyclic amines) is 1. The molecule has 7 heteroatoms. The van der Waals surface area contributed by atoms with Gasteiger partial charge in [0.15, 0.2) is 0 Å². The van der Waals surface area contributed by atoms with Crippen molar-refractivity contribution in [2.75, 3.05) is 31.5 Å². The Morgan fingerprint density at radius 3 is 2.34 bits per heavy atom. The third-order valence-corrected chi connectivity index (χ3v) is 5.10. The molecule has 7 nitrogen and oxygen atoms in total. The SMILES string of the molecule is CC(C)(C)OC(=O)N1CC2CN(Oc3cccc(Nc4ccccc4)n3)CC2C1. The van der Waals surface area contributed by atoms with Gasteiger partial charge in [-0.25, -0.2) is 4.79 Å². The van der Waals surface area contributed by atoms with E-state index in [-0.39, 0.29) is 6.09 Å². The lowest BCUT2D eigenvalue weighted by atomic mass is 10.0. The van der Waals surface area contributed by atoms with E-state index in [2.05, 4.69) is 10.3 Å². The molecule has 3 heterocycles. The van der Waals surface area contributed by atoms with Crippen LogP contribution in [0, 0.1) is 11.8 Å². The second-order valence-corrected chi connectivity index (χ2v) is 8.70. The van der Waals surface area contributed by atoms with Gasteiger partial charge in [0.1, 0.15) is 11.4 Å². The van der Waals surface area contributed by atoms with E-state index in [1.54, 1.807) is 0 Å². The number of carbonyl (C=O) groups is 1. The number of amides is 1. The number of rotatable bonds is 4. The quantitative estimate of drug-likeness (QED) is 0.845. The average molecular weight is 396 g/mol. The summed E-state index contributed by atoms with van der Waals surface area (Å²) in [5, 5.41) is 5.23. The molecule has 0 spiro atoms. The standard InChI is InChI=1S/C22H28N4O3/c1-22(2,3)28-21(27)25-12-16-14-26(15-17(16)13-25)29-20-11-7-10-19(24-20)23-18-8-5-4-6-9-18/h4-11,16-17H,12-15H2,1-3H3,(H,23,24). The molecule has 154 valence electrons. The molecule has 1 aromatic carbocycles. The summed E-state index contributed by atoms with van der Waals surface area (Å²) in [6.07, 6.45) is -0.222. The van der Waals surface area contributed by atoms with Crippen LogP contribution in [0.25, 0.3) is 0 Å². The lowest BCUT2D eigenvalue weighted by molar-refractivity contribution is -0.0493. The number of aromatic nitrogens is 1. The van der Waals surface area contributed by atoms with Crippen molar-refractivity contribution in [1.29, 1.82) is 0 Å². The Morgan fingerprint density at radius 2 is 1.69 bits per heavy atom. The molecular formula is C22H28N4O3. The molecular weight excluding hydrogens is 368 g/mol. The van der Waals surface area contributed by atoms with Crippen LogP contribution in [0.3, 0.4) is 0 Å². The van der Waals surface area contributed by atoms with Gasteiger partial charge in [-0.1, -0.05) is 24.3 Å². The Bertz CT molecular complexity index is 839. The molecule has 2 aromatic rings. The molecule has 1 amide bonds. The van der Waals surface area contributed by atoms with Gasteiger partial charge in [0.25, 0.3) is 0 Å². The van der Waals surface area contributed by atoms with E-state index in [0.29, 0.717) is 30.8 Å². The Balaban J connectivity index is 1.31. The fraction of sp³-hybridized carbons (Fsp3) is 0.455. The number of nitrogens with zero attached hydrogens (tertiary/aromatic N) is 3. The summed E-state index contributed by atoms with van der Waals surface area (Å²) in [6.45, 7) is 8.66. The van der Waals surface area contributed by atoms with Gasteiger partial charge in [0.2, 0.25) is 5.88 Å². The smallest absolute Gasteiger partial charge is 0.410 e. The van der Waals surface area contributed by atoms with Crippen LogP contribution in [0.5, 0.6) is 5.88 Å². The number of hydrogen-bond acceptors (Lipinski definition) is 6. The van der Waals surface area contributed by atoms with E-state index in [9.17, 15) is 4.79 Å². The molecule has 2 fully saturated rings. The minimum Gasteiger partial charge on any atom is -0.444 e. The van der Waals surface area contributed by atoms with Gasteiger partial charge >= 0.3 is 6.09 Å². The molecule has 4 rings (SSSR count). The van der Waals surface area contributed by atoms with Crippen molar-refractivity contribution >= 4 is 17.6 Å². The van der Waals surface area contributed by atoms with Crippen molar-refractivity contribution in [2.24, 2.45) is 11.8 Å². The van der Waals surface area contributed by atoms with Crippen LogP contribution >= 0.6 is 0 Å². The molecule has 2 saturated heterocycles. The van der Waals surface area contributed by atoms with Crippen LogP contribution in [0.1, 0.15) is 20.8 Å². The minimum absolute atomic E-state index is 0.222. The first-order chi connectivity index (χ1) is 13.9. The van der Waals surface area contributed by atoms with Crippen molar-refractivity contribution in [3.05, 3.63) is 48.5 Å². The van der Waals surface area contributed by atoms with E-state index >= 15 is 0 Å². The molecule has 1 aromatic heterocycles. The van der Waals surface area contributed by atoms with Crippen molar-refractivity contribution in [2.45, 2.75) is 26.4 Å². The predicted molar refractivity (Wildman–Crippen MR) is 111 cm³/mol. The largest absolute Gasteiger partial charge is 0.444 e. The van der Waals surface area contributed by atoms with Crippen molar-refractivity contribution < 1.29 is 14.4 Å². The van der Waals surface area contributed by atoms with E-state index in [0.717, 1.165) is 24.6 Å². The predicted octanol–water partition coefficient (Wildman–Crippen LogP) is 3.92. The average Bonchev–Trinajstić information content (AvgIpc) is 3.20. The summed E-state index contributed by atoms with van der Waals surface area (Å²) in [6, 6.07) is 15.6. The second kappa shape index (κ2) is 7.91. The Hall–Kier alpha value is -2.80. The molecule has 0 bridgehead atoms. The lowest BCUT2D eigenvalue weighted by Gasteiger charge is -2.25. The highest BCUT2D eigenvalue weighted by Crippen LogP contribution is 2.32. The van der Waals surface area contributed by atoms with E-state index < -0.39 is 5.60 Å². The first-order valence-electron chi connectivity index (χ1n) is 10.1. The highest BCUT2D eigenvalue weighted by molar-refractivity contribution is 5.68. The number of nitrogens with one attached hydrogen (secondary N) is 1. The zero-order valence-electron chi connectivity index (χ0n) is 17.2. The maximum Gasteiger partial charge on any atom is 0.410 e. The lowest BCUT2D eigenvalue weighted by Crippen LogP contribution is -2.38. The number of hydrogen-bond donors (Lipinski definition) is 1. The van der Waals surface area contributed by atoms with Crippen molar-refractivity contribution in [1.82, 2.24) is 14.9 Å². The van der Waals surface area contributed by atoms with Crippen LogP contribution in [0.4, 0.5) is 16.3 Å². The number of ether oxygens (including phenoxy) is 1. The molecule has 29 heavy (non-hydrogen) atoms. The molecule has 0 aliphatic carbocycles. The summed E-state index contributed by atoms with van der Waals surface area (Å²) < 4.78 is 5.50. The summed E-state index contributed by atoms with van der Waals surface area (Å²) in [7, 11) is 0. The van der Waals surface area contributed by atoms with Crippen LogP contribution in [-0.2, 0) is 4.74 Å². The zero-order chi connectivity index (χ0) is 20.4. The highest BCUT2D eigenvalue weighted by atomic mass is 16.7. The van der Waals surface area contributed by atoms with E-state index in [4.69, 9.17) is 9.57 Å². The number of fused-ring (bicyclic) bond motifs is 1. The molecule has 0 radical (unpaired) electrons. The third kappa shape index (κ3) is 4.98. The molecule has 2 aliphatic rings. The van der Waals surface area contributed by atoms with Crippen molar-refractivity contribution in [3.8, 4) is 5.88 Å². The fourth-order valence-electron chi connectivity index (χ4n) is 3.84. The van der Waals surface area contributed by atoms with Gasteiger partial charge in [0.05, 0.1) is 0 Å². The third-order valence-electron chi connectivity index (χ3n) is 5.10. The number of pyridine rings is 1. The maximum atomic E-state index is 12.3. The number of benzene rings is 1. The Morgan fingerprint density at radius 1 is 1.00 bits per heavy atom. The van der Waals surface area contributed by atoms with Crippen LogP contribution < -0.4 is 10.2 Å². The van der Waals surface area contributed by atoms with Crippen molar-refractivity contribution in [3.63, 3.8) is 0 Å². The number of anilines is 2. The van der Waals surface area contributed by atoms with Gasteiger partial charge in [-0.15, -0.1) is 5.06 Å². The highest BCUT2D eigenvalue weighted by Gasteiger charge is 2.43. The summed E-state index contributed by atoms with van der Waals surface area (Å²) in [5.41, 5.74) is 0.518. The van der Waals surface area contributed by atoms with Crippen LogP contribution in [-0.4, -0.2) is 52.8 Å². The van der Waals surface area contributed by atoms with Gasteiger partial charge < -0.3 is 19.8 Å². The molecule has 1 N–H and O–H groups in total. The van der Waals surface area contributed by atoms with Gasteiger partial charge in [-0.05, 0) is 50.8 Å². The summed E-state index contributed by atoms with van der Waals surface area (Å²) in [4.78, 5) is 24.7. The van der Waals surface area contributed by atoms with E-state index in [1.807, 2.05) is 79.3 Å². The number of para-hydroxylation sites is 1. The van der Waals surface area contributed by atoms with Gasteiger partial charge in [0, 0.05) is 37.9 Å². The minimum atomic E-state index is -0.464. The normalized spacial score (nSPS) is 21.7.